The monoisotopic (exact) mass is 209 g/mol. The summed E-state index contributed by atoms with van der Waals surface area (Å²) in [5.41, 5.74) is 0.478. The summed E-state index contributed by atoms with van der Waals surface area (Å²) in [5, 5.41) is 15.0. The number of hydrogen-bond donors (Lipinski definition) is 1. The zero-order chi connectivity index (χ0) is 11.1. The first-order valence-corrected chi connectivity index (χ1v) is 5.48. The van der Waals surface area contributed by atoms with E-state index in [2.05, 4.69) is 41.6 Å². The van der Waals surface area contributed by atoms with Gasteiger partial charge in [0.2, 0.25) is 0 Å². The van der Waals surface area contributed by atoms with Crippen molar-refractivity contribution in [2.75, 3.05) is 7.05 Å². The molecule has 1 aliphatic rings. The van der Waals surface area contributed by atoms with Crippen molar-refractivity contribution in [2.45, 2.75) is 39.8 Å². The fourth-order valence-electron chi connectivity index (χ4n) is 1.88. The SMILES string of the molecule is CNC(C)c1nnnn1CC1CC1(C)C. The van der Waals surface area contributed by atoms with Crippen LogP contribution in [0.25, 0.3) is 0 Å². The fraction of sp³-hybridized carbons (Fsp3) is 0.900. The van der Waals surface area contributed by atoms with Crippen molar-refractivity contribution in [1.82, 2.24) is 25.5 Å². The summed E-state index contributed by atoms with van der Waals surface area (Å²) in [7, 11) is 1.92. The van der Waals surface area contributed by atoms with Crippen LogP contribution in [0, 0.1) is 11.3 Å². The number of aromatic nitrogens is 4. The molecule has 1 fully saturated rings. The zero-order valence-corrected chi connectivity index (χ0v) is 9.86. The molecule has 0 spiro atoms. The Morgan fingerprint density at radius 1 is 1.60 bits per heavy atom. The predicted octanol–water partition coefficient (Wildman–Crippen LogP) is 1.000. The summed E-state index contributed by atoms with van der Waals surface area (Å²) in [4.78, 5) is 0. The first-order chi connectivity index (χ1) is 7.04. The van der Waals surface area contributed by atoms with Gasteiger partial charge >= 0.3 is 0 Å². The summed E-state index contributed by atoms with van der Waals surface area (Å²) in [6.07, 6.45) is 1.28. The molecule has 0 aromatic carbocycles. The first-order valence-electron chi connectivity index (χ1n) is 5.48. The molecule has 1 aromatic heterocycles. The average molecular weight is 209 g/mol. The molecule has 1 aromatic rings. The van der Waals surface area contributed by atoms with Crippen LogP contribution < -0.4 is 5.32 Å². The van der Waals surface area contributed by atoms with Gasteiger partial charge in [0.25, 0.3) is 0 Å². The van der Waals surface area contributed by atoms with E-state index in [1.54, 1.807) is 0 Å². The van der Waals surface area contributed by atoms with Crippen molar-refractivity contribution < 1.29 is 0 Å². The van der Waals surface area contributed by atoms with E-state index in [0.29, 0.717) is 5.41 Å². The van der Waals surface area contributed by atoms with Crippen molar-refractivity contribution >= 4 is 0 Å². The quantitative estimate of drug-likeness (QED) is 0.803. The highest BCUT2D eigenvalue weighted by Crippen LogP contribution is 2.52. The van der Waals surface area contributed by atoms with Crippen molar-refractivity contribution in [2.24, 2.45) is 11.3 Å². The predicted molar refractivity (Wildman–Crippen MR) is 57.2 cm³/mol. The average Bonchev–Trinajstić information content (AvgIpc) is 2.65. The highest BCUT2D eigenvalue weighted by Gasteiger charge is 2.46. The third-order valence-electron chi connectivity index (χ3n) is 3.49. The number of hydrogen-bond acceptors (Lipinski definition) is 4. The summed E-state index contributed by atoms with van der Waals surface area (Å²) in [6, 6.07) is 0.210. The lowest BCUT2D eigenvalue weighted by atomic mass is 10.1. The molecule has 1 saturated carbocycles. The second-order valence-corrected chi connectivity index (χ2v) is 5.12. The molecule has 1 heterocycles. The minimum Gasteiger partial charge on any atom is -0.311 e. The van der Waals surface area contributed by atoms with Crippen LogP contribution in [0.2, 0.25) is 0 Å². The summed E-state index contributed by atoms with van der Waals surface area (Å²) in [6.45, 7) is 7.61. The molecule has 2 rings (SSSR count). The van der Waals surface area contributed by atoms with Gasteiger partial charge in [-0.05, 0) is 42.2 Å². The summed E-state index contributed by atoms with van der Waals surface area (Å²) >= 11 is 0. The van der Waals surface area contributed by atoms with Gasteiger partial charge in [-0.1, -0.05) is 13.8 Å². The van der Waals surface area contributed by atoms with Crippen LogP contribution >= 0.6 is 0 Å². The van der Waals surface area contributed by atoms with E-state index in [0.717, 1.165) is 18.3 Å². The van der Waals surface area contributed by atoms with E-state index in [-0.39, 0.29) is 6.04 Å². The second-order valence-electron chi connectivity index (χ2n) is 5.12. The van der Waals surface area contributed by atoms with Crippen LogP contribution in [0.5, 0.6) is 0 Å². The van der Waals surface area contributed by atoms with Crippen LogP contribution in [0.1, 0.15) is 39.1 Å². The van der Waals surface area contributed by atoms with E-state index in [1.165, 1.54) is 6.42 Å². The van der Waals surface area contributed by atoms with Crippen molar-refractivity contribution in [3.63, 3.8) is 0 Å². The van der Waals surface area contributed by atoms with E-state index >= 15 is 0 Å². The Morgan fingerprint density at radius 3 is 2.80 bits per heavy atom. The van der Waals surface area contributed by atoms with Gasteiger partial charge in [-0.3, -0.25) is 0 Å². The molecule has 5 heteroatoms. The third kappa shape index (κ3) is 2.02. The maximum atomic E-state index is 4.05. The van der Waals surface area contributed by atoms with E-state index in [4.69, 9.17) is 0 Å². The van der Waals surface area contributed by atoms with Gasteiger partial charge in [0.15, 0.2) is 5.82 Å². The van der Waals surface area contributed by atoms with Gasteiger partial charge in [0.1, 0.15) is 0 Å². The Morgan fingerprint density at radius 2 is 2.27 bits per heavy atom. The molecule has 1 N–H and O–H groups in total. The molecule has 5 nitrogen and oxygen atoms in total. The van der Waals surface area contributed by atoms with Crippen LogP contribution in [-0.2, 0) is 6.54 Å². The highest BCUT2D eigenvalue weighted by molar-refractivity contribution is 4.97. The Hall–Kier alpha value is -0.970. The third-order valence-corrected chi connectivity index (χ3v) is 3.49. The second kappa shape index (κ2) is 3.56. The van der Waals surface area contributed by atoms with Crippen LogP contribution in [0.15, 0.2) is 0 Å². The number of rotatable bonds is 4. The van der Waals surface area contributed by atoms with Crippen molar-refractivity contribution in [1.29, 1.82) is 0 Å². The van der Waals surface area contributed by atoms with Crippen molar-refractivity contribution in [3.05, 3.63) is 5.82 Å². The summed E-state index contributed by atoms with van der Waals surface area (Å²) < 4.78 is 1.93. The molecule has 0 aliphatic heterocycles. The fourth-order valence-corrected chi connectivity index (χ4v) is 1.88. The Bertz CT molecular complexity index is 343. The van der Waals surface area contributed by atoms with Gasteiger partial charge < -0.3 is 5.32 Å². The molecule has 0 radical (unpaired) electrons. The molecule has 84 valence electrons. The molecule has 0 bridgehead atoms. The van der Waals surface area contributed by atoms with Gasteiger partial charge in [0.05, 0.1) is 6.04 Å². The smallest absolute Gasteiger partial charge is 0.167 e. The molecule has 15 heavy (non-hydrogen) atoms. The minimum atomic E-state index is 0.210. The number of nitrogens with one attached hydrogen (secondary N) is 1. The standard InChI is InChI=1S/C10H19N5/c1-7(11-4)9-12-13-14-15(9)6-8-5-10(8,2)3/h7-8,11H,5-6H2,1-4H3. The minimum absolute atomic E-state index is 0.210. The van der Waals surface area contributed by atoms with Crippen LogP contribution in [0.4, 0.5) is 0 Å². The Balaban J connectivity index is 2.06. The highest BCUT2D eigenvalue weighted by atomic mass is 15.5. The van der Waals surface area contributed by atoms with Crippen molar-refractivity contribution in [3.8, 4) is 0 Å². The van der Waals surface area contributed by atoms with Gasteiger partial charge in [-0.15, -0.1) is 5.10 Å². The normalized spacial score (nSPS) is 25.2. The van der Waals surface area contributed by atoms with Crippen LogP contribution in [0.3, 0.4) is 0 Å². The maximum Gasteiger partial charge on any atom is 0.167 e. The molecule has 1 aliphatic carbocycles. The van der Waals surface area contributed by atoms with E-state index in [9.17, 15) is 0 Å². The molecule has 2 atom stereocenters. The molecule has 2 unspecified atom stereocenters. The zero-order valence-electron chi connectivity index (χ0n) is 9.86. The van der Waals surface area contributed by atoms with Crippen LogP contribution in [-0.4, -0.2) is 27.3 Å². The van der Waals surface area contributed by atoms with E-state index in [1.807, 2.05) is 11.7 Å². The molecule has 0 amide bonds. The maximum absolute atomic E-state index is 4.05. The number of tetrazole rings is 1. The Labute approximate surface area is 90.2 Å². The van der Waals surface area contributed by atoms with Gasteiger partial charge in [0, 0.05) is 6.54 Å². The molecular formula is C10H19N5. The van der Waals surface area contributed by atoms with Gasteiger partial charge in [-0.25, -0.2) is 4.68 Å². The summed E-state index contributed by atoms with van der Waals surface area (Å²) in [5.74, 6) is 1.66. The lowest BCUT2D eigenvalue weighted by Crippen LogP contribution is -2.19. The lowest BCUT2D eigenvalue weighted by molar-refractivity contribution is 0.437. The topological polar surface area (TPSA) is 55.6 Å². The molecular weight excluding hydrogens is 190 g/mol. The molecule has 0 saturated heterocycles. The Kier molecular flexibility index (Phi) is 2.50. The lowest BCUT2D eigenvalue weighted by Gasteiger charge is -2.10. The largest absolute Gasteiger partial charge is 0.311 e. The first kappa shape index (κ1) is 10.5. The number of nitrogens with zero attached hydrogens (tertiary/aromatic N) is 4. The van der Waals surface area contributed by atoms with Gasteiger partial charge in [-0.2, -0.15) is 0 Å². The van der Waals surface area contributed by atoms with E-state index < -0.39 is 0 Å².